The van der Waals surface area contributed by atoms with Gasteiger partial charge in [0.05, 0.1) is 33.3 Å². The van der Waals surface area contributed by atoms with Gasteiger partial charge in [0, 0.05) is 38.2 Å². The minimum atomic E-state index is 0.666. The molecule has 1 aliphatic carbocycles. The van der Waals surface area contributed by atoms with Crippen LogP contribution >= 0.6 is 0 Å². The Kier molecular flexibility index (Phi) is 6.96. The van der Waals surface area contributed by atoms with Gasteiger partial charge in [-0.3, -0.25) is 4.57 Å². The molecule has 0 bridgehead atoms. The molecule has 0 saturated carbocycles. The van der Waals surface area contributed by atoms with Crippen LogP contribution in [0.2, 0.25) is 0 Å². The zero-order valence-corrected chi connectivity index (χ0v) is 29.5. The van der Waals surface area contributed by atoms with E-state index in [-0.39, 0.29) is 0 Å². The van der Waals surface area contributed by atoms with E-state index in [1.807, 2.05) is 0 Å². The predicted octanol–water partition coefficient (Wildman–Crippen LogP) is 12.9. The maximum Gasteiger partial charge on any atom is 0.235 e. The molecule has 0 fully saturated rings. The molecular formula is C50H34N4. The van der Waals surface area contributed by atoms with Gasteiger partial charge in [0.2, 0.25) is 5.95 Å². The highest BCUT2D eigenvalue weighted by atomic mass is 15.2. The third-order valence-electron chi connectivity index (χ3n) is 11.0. The van der Waals surface area contributed by atoms with Crippen LogP contribution in [0, 0.1) is 0 Å². The smallest absolute Gasteiger partial charge is 0.235 e. The number of hydrogen-bond acceptors (Lipinski definition) is 2. The molecule has 0 unspecified atom stereocenters. The zero-order valence-electron chi connectivity index (χ0n) is 29.5. The van der Waals surface area contributed by atoms with E-state index < -0.39 is 0 Å². The van der Waals surface area contributed by atoms with Crippen molar-refractivity contribution in [2.75, 3.05) is 0 Å². The maximum absolute atomic E-state index is 5.35. The zero-order chi connectivity index (χ0) is 35.6. The molecule has 54 heavy (non-hydrogen) atoms. The first kappa shape index (κ1) is 30.6. The summed E-state index contributed by atoms with van der Waals surface area (Å²) in [4.78, 5) is 10.5. The summed E-state index contributed by atoms with van der Waals surface area (Å²) in [6.45, 7) is 0. The second kappa shape index (κ2) is 12.3. The molecule has 0 spiro atoms. The molecule has 10 aromatic rings. The molecule has 7 aromatic carbocycles. The molecule has 0 radical (unpaired) electrons. The van der Waals surface area contributed by atoms with Gasteiger partial charge in [-0.25, -0.2) is 9.97 Å². The molecule has 254 valence electrons. The Hall–Kier alpha value is -7.04. The Morgan fingerprint density at radius 1 is 0.407 bits per heavy atom. The van der Waals surface area contributed by atoms with E-state index in [1.165, 1.54) is 54.8 Å². The van der Waals surface area contributed by atoms with Crippen molar-refractivity contribution in [1.82, 2.24) is 19.1 Å². The van der Waals surface area contributed by atoms with Gasteiger partial charge in [-0.1, -0.05) is 127 Å². The Morgan fingerprint density at radius 3 is 1.65 bits per heavy atom. The van der Waals surface area contributed by atoms with Gasteiger partial charge in [0.25, 0.3) is 0 Å². The number of hydrogen-bond donors (Lipinski definition) is 0. The van der Waals surface area contributed by atoms with Crippen LogP contribution in [0.3, 0.4) is 0 Å². The lowest BCUT2D eigenvalue weighted by atomic mass is 9.97. The summed E-state index contributed by atoms with van der Waals surface area (Å²) in [5.41, 5.74) is 13.5. The summed E-state index contributed by atoms with van der Waals surface area (Å²) in [5, 5.41) is 5.88. The Bertz CT molecular complexity index is 3140. The van der Waals surface area contributed by atoms with E-state index in [2.05, 4.69) is 191 Å². The first-order valence-electron chi connectivity index (χ1n) is 18.7. The predicted molar refractivity (Wildman–Crippen MR) is 225 cm³/mol. The Morgan fingerprint density at radius 2 is 0.963 bits per heavy atom. The fourth-order valence-corrected chi connectivity index (χ4v) is 8.41. The number of allylic oxidation sites excluding steroid dienone is 4. The van der Waals surface area contributed by atoms with Crippen LogP contribution in [0.4, 0.5) is 0 Å². The highest BCUT2D eigenvalue weighted by Gasteiger charge is 2.19. The van der Waals surface area contributed by atoms with E-state index in [1.54, 1.807) is 0 Å². The molecule has 0 saturated heterocycles. The van der Waals surface area contributed by atoms with Crippen LogP contribution in [0.15, 0.2) is 182 Å². The van der Waals surface area contributed by atoms with Crippen molar-refractivity contribution in [3.8, 4) is 34.0 Å². The third kappa shape index (κ3) is 4.84. The van der Waals surface area contributed by atoms with Crippen molar-refractivity contribution in [1.29, 1.82) is 0 Å². The lowest BCUT2D eigenvalue weighted by molar-refractivity contribution is 1.01. The normalized spacial score (nSPS) is 13.1. The average molecular weight is 691 g/mol. The standard InChI is InChI=1S/C50H34N4/c1-3-13-33(14-4-1)34-23-25-35(26-24-34)49-41-19-7-10-20-44(41)51-50(52-49)54-46-22-12-9-18-40(46)43-32-37(28-30-48(43)54)36-27-29-47-42(31-36)39-17-8-11-21-45(39)53(47)38-15-5-2-6-16-38/h2-3,5-32H,1,4H2. The van der Waals surface area contributed by atoms with Crippen molar-refractivity contribution in [2.24, 2.45) is 0 Å². The summed E-state index contributed by atoms with van der Waals surface area (Å²) in [7, 11) is 0. The summed E-state index contributed by atoms with van der Waals surface area (Å²) < 4.78 is 4.59. The fourth-order valence-electron chi connectivity index (χ4n) is 8.41. The van der Waals surface area contributed by atoms with Gasteiger partial charge >= 0.3 is 0 Å². The third-order valence-corrected chi connectivity index (χ3v) is 11.0. The van der Waals surface area contributed by atoms with E-state index in [0.717, 1.165) is 51.7 Å². The topological polar surface area (TPSA) is 35.6 Å². The molecule has 0 amide bonds. The summed E-state index contributed by atoms with van der Waals surface area (Å²) in [6, 6.07) is 58.8. The maximum atomic E-state index is 5.35. The summed E-state index contributed by atoms with van der Waals surface area (Å²) >= 11 is 0. The largest absolute Gasteiger partial charge is 0.309 e. The van der Waals surface area contributed by atoms with Gasteiger partial charge in [0.1, 0.15) is 0 Å². The molecular weight excluding hydrogens is 657 g/mol. The monoisotopic (exact) mass is 690 g/mol. The number of fused-ring (bicyclic) bond motifs is 7. The minimum absolute atomic E-state index is 0.666. The number of nitrogens with zero attached hydrogens (tertiary/aromatic N) is 4. The Balaban J connectivity index is 1.07. The lowest BCUT2D eigenvalue weighted by Crippen LogP contribution is -2.03. The van der Waals surface area contributed by atoms with Crippen molar-refractivity contribution in [2.45, 2.75) is 12.8 Å². The minimum Gasteiger partial charge on any atom is -0.309 e. The van der Waals surface area contributed by atoms with E-state index in [0.29, 0.717) is 5.95 Å². The van der Waals surface area contributed by atoms with Crippen LogP contribution in [0.5, 0.6) is 0 Å². The second-order valence-electron chi connectivity index (χ2n) is 14.1. The fraction of sp³-hybridized carbons (Fsp3) is 0.0400. The van der Waals surface area contributed by atoms with Crippen molar-refractivity contribution >= 4 is 60.1 Å². The van der Waals surface area contributed by atoms with Crippen molar-refractivity contribution in [3.63, 3.8) is 0 Å². The molecule has 4 nitrogen and oxygen atoms in total. The summed E-state index contributed by atoms with van der Waals surface area (Å²) in [6.07, 6.45) is 9.00. The average Bonchev–Trinajstić information content (AvgIpc) is 3.76. The highest BCUT2D eigenvalue weighted by Crippen LogP contribution is 2.39. The SMILES string of the molecule is C1=CC(c2ccc(-c3nc(-n4c5ccccc5c5cc(-c6ccc7c(c6)c6ccccc6n7-c6ccccc6)ccc54)nc4ccccc34)cc2)=CCC1. The molecule has 0 atom stereocenters. The van der Waals surface area contributed by atoms with Gasteiger partial charge in [0.15, 0.2) is 0 Å². The van der Waals surface area contributed by atoms with Crippen molar-refractivity contribution in [3.05, 3.63) is 188 Å². The first-order chi connectivity index (χ1) is 26.8. The van der Waals surface area contributed by atoms with E-state index in [4.69, 9.17) is 9.97 Å². The Labute approximate surface area is 312 Å². The first-order valence-corrected chi connectivity index (χ1v) is 18.7. The molecule has 3 aromatic heterocycles. The van der Waals surface area contributed by atoms with Gasteiger partial charge in [-0.15, -0.1) is 0 Å². The van der Waals surface area contributed by atoms with Crippen LogP contribution in [0.25, 0.3) is 94.1 Å². The van der Waals surface area contributed by atoms with Gasteiger partial charge in [-0.2, -0.15) is 0 Å². The van der Waals surface area contributed by atoms with Crippen LogP contribution in [-0.4, -0.2) is 19.1 Å². The van der Waals surface area contributed by atoms with Crippen LogP contribution in [-0.2, 0) is 0 Å². The molecule has 0 aliphatic heterocycles. The summed E-state index contributed by atoms with van der Waals surface area (Å²) in [5.74, 6) is 0.666. The highest BCUT2D eigenvalue weighted by molar-refractivity contribution is 6.12. The van der Waals surface area contributed by atoms with Gasteiger partial charge in [-0.05, 0) is 89.7 Å². The molecule has 4 heteroatoms. The number of para-hydroxylation sites is 4. The van der Waals surface area contributed by atoms with E-state index >= 15 is 0 Å². The van der Waals surface area contributed by atoms with Crippen molar-refractivity contribution < 1.29 is 0 Å². The number of rotatable bonds is 5. The lowest BCUT2D eigenvalue weighted by Gasteiger charge is -2.13. The molecule has 1 aliphatic rings. The molecule has 11 rings (SSSR count). The number of benzene rings is 7. The van der Waals surface area contributed by atoms with Crippen LogP contribution in [0.1, 0.15) is 18.4 Å². The number of aromatic nitrogens is 4. The van der Waals surface area contributed by atoms with Crippen LogP contribution < -0.4 is 0 Å². The molecule has 0 N–H and O–H groups in total. The quantitative estimate of drug-likeness (QED) is 0.180. The molecule has 3 heterocycles. The second-order valence-corrected chi connectivity index (χ2v) is 14.1. The van der Waals surface area contributed by atoms with Gasteiger partial charge < -0.3 is 4.57 Å². The van der Waals surface area contributed by atoms with E-state index in [9.17, 15) is 0 Å².